The van der Waals surface area contributed by atoms with E-state index in [1.807, 2.05) is 30.3 Å². The first-order valence-corrected chi connectivity index (χ1v) is 7.98. The number of hydrogen-bond acceptors (Lipinski definition) is 5. The lowest BCUT2D eigenvalue weighted by atomic mass is 10.2. The first-order valence-electron chi connectivity index (χ1n) is 7.98. The van der Waals surface area contributed by atoms with Crippen LogP contribution in [0.1, 0.15) is 22.8 Å². The summed E-state index contributed by atoms with van der Waals surface area (Å²) in [5, 5.41) is 4.69. The molecule has 0 radical (unpaired) electrons. The van der Waals surface area contributed by atoms with E-state index < -0.39 is 24.0 Å². The Kier molecular flexibility index (Phi) is 6.73. The highest BCUT2D eigenvalue weighted by molar-refractivity contribution is 5.99. The van der Waals surface area contributed by atoms with Crippen molar-refractivity contribution >= 4 is 17.9 Å². The predicted octanol–water partition coefficient (Wildman–Crippen LogP) is 2.27. The first-order chi connectivity index (χ1) is 12.5. The first kappa shape index (κ1) is 19.0. The van der Waals surface area contributed by atoms with Crippen molar-refractivity contribution in [3.05, 3.63) is 65.7 Å². The minimum atomic E-state index is -1.14. The van der Waals surface area contributed by atoms with Gasteiger partial charge in [-0.3, -0.25) is 10.1 Å². The van der Waals surface area contributed by atoms with Gasteiger partial charge in [0, 0.05) is 6.54 Å². The number of nitrogens with one attached hydrogen (secondary N) is 2. The highest BCUT2D eigenvalue weighted by atomic mass is 16.5. The van der Waals surface area contributed by atoms with Crippen molar-refractivity contribution in [2.45, 2.75) is 19.6 Å². The Balaban J connectivity index is 1.84. The van der Waals surface area contributed by atoms with E-state index in [0.29, 0.717) is 5.75 Å². The summed E-state index contributed by atoms with van der Waals surface area (Å²) in [7, 11) is 1.43. The van der Waals surface area contributed by atoms with Gasteiger partial charge in [0.1, 0.15) is 11.3 Å². The van der Waals surface area contributed by atoms with Crippen LogP contribution in [-0.4, -0.2) is 31.1 Å². The van der Waals surface area contributed by atoms with Crippen LogP contribution in [0.3, 0.4) is 0 Å². The second kappa shape index (κ2) is 9.22. The standard InChI is InChI=1S/C19H20N2O5/c1-13(26-18(23)15-10-6-7-11-16(15)25-2)17(22)21-19(24)20-12-14-8-4-3-5-9-14/h3-11,13H,12H2,1-2H3,(H2,20,21,22,24). The zero-order chi connectivity index (χ0) is 18.9. The number of hydrogen-bond donors (Lipinski definition) is 2. The van der Waals surface area contributed by atoms with E-state index in [0.717, 1.165) is 5.56 Å². The predicted molar refractivity (Wildman–Crippen MR) is 94.7 cm³/mol. The minimum Gasteiger partial charge on any atom is -0.496 e. The van der Waals surface area contributed by atoms with Crippen LogP contribution >= 0.6 is 0 Å². The fourth-order valence-corrected chi connectivity index (χ4v) is 2.13. The lowest BCUT2D eigenvalue weighted by molar-refractivity contribution is -0.127. The average Bonchev–Trinajstić information content (AvgIpc) is 2.67. The number of esters is 1. The van der Waals surface area contributed by atoms with Gasteiger partial charge in [-0.15, -0.1) is 0 Å². The van der Waals surface area contributed by atoms with Crippen LogP contribution in [0.2, 0.25) is 0 Å². The van der Waals surface area contributed by atoms with Crippen molar-refractivity contribution in [2.75, 3.05) is 7.11 Å². The summed E-state index contributed by atoms with van der Waals surface area (Å²) < 4.78 is 10.2. The van der Waals surface area contributed by atoms with Gasteiger partial charge in [0.25, 0.3) is 5.91 Å². The van der Waals surface area contributed by atoms with E-state index in [1.54, 1.807) is 18.2 Å². The van der Waals surface area contributed by atoms with E-state index in [9.17, 15) is 14.4 Å². The van der Waals surface area contributed by atoms with Crippen LogP contribution in [0.5, 0.6) is 5.75 Å². The van der Waals surface area contributed by atoms with Crippen LogP contribution in [0.25, 0.3) is 0 Å². The molecule has 1 atom stereocenters. The molecule has 2 N–H and O–H groups in total. The lowest BCUT2D eigenvalue weighted by Gasteiger charge is -2.14. The molecule has 0 spiro atoms. The highest BCUT2D eigenvalue weighted by Gasteiger charge is 2.22. The van der Waals surface area contributed by atoms with Gasteiger partial charge >= 0.3 is 12.0 Å². The molecule has 1 unspecified atom stereocenters. The van der Waals surface area contributed by atoms with Crippen LogP contribution in [-0.2, 0) is 16.1 Å². The molecule has 0 bridgehead atoms. The summed E-state index contributed by atoms with van der Waals surface area (Å²) in [6.07, 6.45) is -1.14. The van der Waals surface area contributed by atoms with Crippen molar-refractivity contribution in [1.82, 2.24) is 10.6 Å². The zero-order valence-corrected chi connectivity index (χ0v) is 14.5. The number of rotatable bonds is 6. The number of ether oxygens (including phenoxy) is 2. The Hall–Kier alpha value is -3.35. The molecule has 0 aliphatic rings. The Morgan fingerprint density at radius 3 is 2.35 bits per heavy atom. The third-order valence-electron chi connectivity index (χ3n) is 3.51. The maximum Gasteiger partial charge on any atom is 0.342 e. The zero-order valence-electron chi connectivity index (χ0n) is 14.5. The molecule has 2 rings (SSSR count). The molecule has 7 heteroatoms. The molecule has 0 aromatic heterocycles. The number of methoxy groups -OCH3 is 1. The van der Waals surface area contributed by atoms with Crippen molar-refractivity contribution in [1.29, 1.82) is 0 Å². The third-order valence-corrected chi connectivity index (χ3v) is 3.51. The van der Waals surface area contributed by atoms with Gasteiger partial charge in [-0.1, -0.05) is 42.5 Å². The average molecular weight is 356 g/mol. The molecule has 3 amide bonds. The van der Waals surface area contributed by atoms with Gasteiger partial charge in [0.15, 0.2) is 6.10 Å². The summed E-state index contributed by atoms with van der Waals surface area (Å²) in [5.74, 6) is -1.10. The largest absolute Gasteiger partial charge is 0.496 e. The number of carbonyl (C=O) groups is 3. The van der Waals surface area contributed by atoms with Gasteiger partial charge in [-0.25, -0.2) is 9.59 Å². The molecule has 0 aliphatic carbocycles. The minimum absolute atomic E-state index is 0.197. The van der Waals surface area contributed by atoms with Crippen LogP contribution < -0.4 is 15.4 Å². The van der Waals surface area contributed by atoms with Crippen LogP contribution in [0, 0.1) is 0 Å². The van der Waals surface area contributed by atoms with Crippen molar-refractivity contribution in [2.24, 2.45) is 0 Å². The highest BCUT2D eigenvalue weighted by Crippen LogP contribution is 2.18. The molecule has 2 aromatic rings. The Bertz CT molecular complexity index is 777. The fraction of sp³-hybridized carbons (Fsp3) is 0.211. The summed E-state index contributed by atoms with van der Waals surface area (Å²) in [4.78, 5) is 35.9. The second-order valence-corrected chi connectivity index (χ2v) is 5.41. The molecule has 0 saturated carbocycles. The van der Waals surface area contributed by atoms with Gasteiger partial charge in [0.05, 0.1) is 7.11 Å². The molecule has 0 saturated heterocycles. The third kappa shape index (κ3) is 5.34. The van der Waals surface area contributed by atoms with Gasteiger partial charge < -0.3 is 14.8 Å². The Labute approximate surface area is 151 Å². The molecular formula is C19H20N2O5. The molecular weight excluding hydrogens is 336 g/mol. The van der Waals surface area contributed by atoms with Crippen molar-refractivity contribution < 1.29 is 23.9 Å². The number of para-hydroxylation sites is 1. The van der Waals surface area contributed by atoms with E-state index in [-0.39, 0.29) is 12.1 Å². The maximum atomic E-state index is 12.2. The molecule has 0 heterocycles. The SMILES string of the molecule is COc1ccccc1C(=O)OC(C)C(=O)NC(=O)NCc1ccccc1. The van der Waals surface area contributed by atoms with Crippen LogP contribution in [0.15, 0.2) is 54.6 Å². The molecule has 26 heavy (non-hydrogen) atoms. The van der Waals surface area contributed by atoms with E-state index >= 15 is 0 Å². The van der Waals surface area contributed by atoms with E-state index in [1.165, 1.54) is 20.1 Å². The molecule has 7 nitrogen and oxygen atoms in total. The second-order valence-electron chi connectivity index (χ2n) is 5.41. The quantitative estimate of drug-likeness (QED) is 0.775. The topological polar surface area (TPSA) is 93.7 Å². The van der Waals surface area contributed by atoms with Gasteiger partial charge in [-0.2, -0.15) is 0 Å². The normalized spacial score (nSPS) is 11.2. The molecule has 2 aromatic carbocycles. The molecule has 0 aliphatic heterocycles. The summed E-state index contributed by atoms with van der Waals surface area (Å²) >= 11 is 0. The molecule has 0 fully saturated rings. The Morgan fingerprint density at radius 1 is 1.00 bits per heavy atom. The van der Waals surface area contributed by atoms with E-state index in [4.69, 9.17) is 9.47 Å². The van der Waals surface area contributed by atoms with Crippen molar-refractivity contribution in [3.63, 3.8) is 0 Å². The van der Waals surface area contributed by atoms with Gasteiger partial charge in [0.2, 0.25) is 0 Å². The monoisotopic (exact) mass is 356 g/mol. The van der Waals surface area contributed by atoms with Crippen molar-refractivity contribution in [3.8, 4) is 5.75 Å². The summed E-state index contributed by atoms with van der Waals surface area (Å²) in [6.45, 7) is 1.66. The number of amides is 3. The summed E-state index contributed by atoms with van der Waals surface area (Å²) in [6, 6.07) is 15.1. The fourth-order valence-electron chi connectivity index (χ4n) is 2.13. The van der Waals surface area contributed by atoms with E-state index in [2.05, 4.69) is 10.6 Å². The number of carbonyl (C=O) groups excluding carboxylic acids is 3. The van der Waals surface area contributed by atoms with Crippen LogP contribution in [0.4, 0.5) is 4.79 Å². The number of urea groups is 1. The Morgan fingerprint density at radius 2 is 1.65 bits per heavy atom. The lowest BCUT2D eigenvalue weighted by Crippen LogP contribution is -2.44. The van der Waals surface area contributed by atoms with Gasteiger partial charge in [-0.05, 0) is 24.6 Å². The number of imide groups is 1. The molecule has 136 valence electrons. The maximum absolute atomic E-state index is 12.2. The number of benzene rings is 2. The summed E-state index contributed by atoms with van der Waals surface area (Å²) in [5.41, 5.74) is 1.09. The smallest absolute Gasteiger partial charge is 0.342 e.